The maximum Gasteiger partial charge on any atom is 0.319 e. The van der Waals surface area contributed by atoms with Crippen LogP contribution in [0.4, 0.5) is 4.39 Å². The Hall–Kier alpha value is -1.91. The van der Waals surface area contributed by atoms with Crippen molar-refractivity contribution in [3.8, 4) is 0 Å². The Kier molecular flexibility index (Phi) is 3.55. The summed E-state index contributed by atoms with van der Waals surface area (Å²) in [5.74, 6) is -1.87. The van der Waals surface area contributed by atoms with Gasteiger partial charge in [-0.2, -0.15) is 0 Å². The standard InChI is InChI=1S/C14H16FNO3/c1-9(10-3-5-11(15)6-4-10)16-12(17)14(13(18)19)7-2-8-14/h3-6,9H,2,7-8H2,1H3,(H,16,17)(H,18,19). The first-order valence-electron chi connectivity index (χ1n) is 6.25. The fourth-order valence-corrected chi connectivity index (χ4v) is 2.24. The van der Waals surface area contributed by atoms with Crippen molar-refractivity contribution in [2.75, 3.05) is 0 Å². The van der Waals surface area contributed by atoms with Crippen molar-refractivity contribution in [1.82, 2.24) is 5.32 Å². The smallest absolute Gasteiger partial charge is 0.319 e. The summed E-state index contributed by atoms with van der Waals surface area (Å²) in [5, 5.41) is 11.9. The highest BCUT2D eigenvalue weighted by Crippen LogP contribution is 2.41. The highest BCUT2D eigenvalue weighted by molar-refractivity contribution is 6.02. The van der Waals surface area contributed by atoms with E-state index in [-0.39, 0.29) is 11.9 Å². The minimum Gasteiger partial charge on any atom is -0.480 e. The molecule has 4 nitrogen and oxygen atoms in total. The lowest BCUT2D eigenvalue weighted by Crippen LogP contribution is -2.51. The van der Waals surface area contributed by atoms with Crippen LogP contribution in [0.2, 0.25) is 0 Å². The van der Waals surface area contributed by atoms with E-state index in [1.165, 1.54) is 12.1 Å². The molecule has 1 atom stereocenters. The molecule has 0 aliphatic heterocycles. The third-order valence-corrected chi connectivity index (χ3v) is 3.77. The number of amides is 1. The van der Waals surface area contributed by atoms with Crippen LogP contribution in [0, 0.1) is 11.2 Å². The van der Waals surface area contributed by atoms with Gasteiger partial charge in [-0.15, -0.1) is 0 Å². The van der Waals surface area contributed by atoms with Crippen molar-refractivity contribution in [2.45, 2.75) is 32.2 Å². The van der Waals surface area contributed by atoms with Crippen molar-refractivity contribution in [3.63, 3.8) is 0 Å². The zero-order valence-corrected chi connectivity index (χ0v) is 10.6. The molecule has 0 radical (unpaired) electrons. The Morgan fingerprint density at radius 3 is 2.32 bits per heavy atom. The molecule has 5 heteroatoms. The minimum absolute atomic E-state index is 0.343. The molecule has 1 unspecified atom stereocenters. The number of carbonyl (C=O) groups excluding carboxylic acids is 1. The summed E-state index contributed by atoms with van der Waals surface area (Å²) in [5.41, 5.74) is -0.525. The number of aliphatic carboxylic acids is 1. The van der Waals surface area contributed by atoms with Crippen molar-refractivity contribution in [3.05, 3.63) is 35.6 Å². The molecule has 1 aromatic carbocycles. The summed E-state index contributed by atoms with van der Waals surface area (Å²) in [7, 11) is 0. The Morgan fingerprint density at radius 1 is 1.32 bits per heavy atom. The van der Waals surface area contributed by atoms with Crippen LogP contribution < -0.4 is 5.32 Å². The number of nitrogens with one attached hydrogen (secondary N) is 1. The lowest BCUT2D eigenvalue weighted by Gasteiger charge is -2.36. The maximum absolute atomic E-state index is 12.8. The summed E-state index contributed by atoms with van der Waals surface area (Å²) in [6, 6.07) is 5.44. The molecule has 1 aromatic rings. The predicted molar refractivity (Wildman–Crippen MR) is 66.9 cm³/mol. The number of halogens is 1. The van der Waals surface area contributed by atoms with Gasteiger partial charge in [0.2, 0.25) is 5.91 Å². The van der Waals surface area contributed by atoms with Gasteiger partial charge in [-0.3, -0.25) is 9.59 Å². The van der Waals surface area contributed by atoms with Crippen LogP contribution in [0.25, 0.3) is 0 Å². The van der Waals surface area contributed by atoms with Crippen LogP contribution in [0.5, 0.6) is 0 Å². The highest BCUT2D eigenvalue weighted by atomic mass is 19.1. The van der Waals surface area contributed by atoms with Crippen LogP contribution >= 0.6 is 0 Å². The number of benzene rings is 1. The summed E-state index contributed by atoms with van der Waals surface area (Å²) >= 11 is 0. The van der Waals surface area contributed by atoms with Gasteiger partial charge in [0.05, 0.1) is 6.04 Å². The molecular weight excluding hydrogens is 249 g/mol. The van der Waals surface area contributed by atoms with Gasteiger partial charge in [0, 0.05) is 0 Å². The van der Waals surface area contributed by atoms with Gasteiger partial charge in [-0.25, -0.2) is 4.39 Å². The highest BCUT2D eigenvalue weighted by Gasteiger charge is 2.51. The SMILES string of the molecule is CC(NC(=O)C1(C(=O)O)CCC1)c1ccc(F)cc1. The molecule has 0 bridgehead atoms. The van der Waals surface area contributed by atoms with E-state index < -0.39 is 17.3 Å². The zero-order valence-electron chi connectivity index (χ0n) is 10.6. The second-order valence-corrected chi connectivity index (χ2v) is 4.99. The van der Waals surface area contributed by atoms with E-state index >= 15 is 0 Å². The van der Waals surface area contributed by atoms with Crippen molar-refractivity contribution < 1.29 is 19.1 Å². The Labute approximate surface area is 110 Å². The van der Waals surface area contributed by atoms with E-state index in [0.717, 1.165) is 12.0 Å². The van der Waals surface area contributed by atoms with Crippen molar-refractivity contribution >= 4 is 11.9 Å². The molecule has 0 heterocycles. The van der Waals surface area contributed by atoms with E-state index in [1.807, 2.05) is 0 Å². The zero-order chi connectivity index (χ0) is 14.0. The second kappa shape index (κ2) is 4.99. The topological polar surface area (TPSA) is 66.4 Å². The molecule has 0 aromatic heterocycles. The number of rotatable bonds is 4. The number of hydrogen-bond acceptors (Lipinski definition) is 2. The molecule has 102 valence electrons. The Balaban J connectivity index is 2.06. The first kappa shape index (κ1) is 13.5. The maximum atomic E-state index is 12.8. The number of hydrogen-bond donors (Lipinski definition) is 2. The molecule has 2 rings (SSSR count). The van der Waals surface area contributed by atoms with Crippen LogP contribution in [-0.2, 0) is 9.59 Å². The normalized spacial score (nSPS) is 18.2. The average molecular weight is 265 g/mol. The lowest BCUT2D eigenvalue weighted by atomic mass is 9.68. The van der Waals surface area contributed by atoms with Crippen LogP contribution in [0.3, 0.4) is 0 Å². The molecule has 1 aliphatic carbocycles. The van der Waals surface area contributed by atoms with Gasteiger partial charge in [0.25, 0.3) is 0 Å². The fraction of sp³-hybridized carbons (Fsp3) is 0.429. The molecule has 0 saturated heterocycles. The molecule has 1 amide bonds. The molecule has 2 N–H and O–H groups in total. The quantitative estimate of drug-likeness (QED) is 0.821. The van der Waals surface area contributed by atoms with Gasteiger partial charge < -0.3 is 10.4 Å². The Bertz CT molecular complexity index is 494. The molecule has 19 heavy (non-hydrogen) atoms. The van der Waals surface area contributed by atoms with E-state index in [9.17, 15) is 14.0 Å². The fourth-order valence-electron chi connectivity index (χ4n) is 2.24. The van der Waals surface area contributed by atoms with Crippen molar-refractivity contribution in [1.29, 1.82) is 0 Å². The third-order valence-electron chi connectivity index (χ3n) is 3.77. The summed E-state index contributed by atoms with van der Waals surface area (Å²) in [6.45, 7) is 1.75. The van der Waals surface area contributed by atoms with E-state index in [2.05, 4.69) is 5.32 Å². The number of carboxylic acids is 1. The Morgan fingerprint density at radius 2 is 1.89 bits per heavy atom. The molecule has 0 spiro atoms. The van der Waals surface area contributed by atoms with Crippen LogP contribution in [0.15, 0.2) is 24.3 Å². The summed E-state index contributed by atoms with van der Waals surface area (Å²) in [4.78, 5) is 23.3. The van der Waals surface area contributed by atoms with Crippen molar-refractivity contribution in [2.24, 2.45) is 5.41 Å². The van der Waals surface area contributed by atoms with Crippen LogP contribution in [-0.4, -0.2) is 17.0 Å². The monoisotopic (exact) mass is 265 g/mol. The van der Waals surface area contributed by atoms with E-state index in [0.29, 0.717) is 12.8 Å². The summed E-state index contributed by atoms with van der Waals surface area (Å²) < 4.78 is 12.8. The lowest BCUT2D eigenvalue weighted by molar-refractivity contribution is -0.162. The van der Waals surface area contributed by atoms with Gasteiger partial charge in [0.15, 0.2) is 0 Å². The first-order valence-corrected chi connectivity index (χ1v) is 6.25. The second-order valence-electron chi connectivity index (χ2n) is 4.99. The third kappa shape index (κ3) is 2.45. The summed E-state index contributed by atoms with van der Waals surface area (Å²) in [6.07, 6.45) is 1.51. The van der Waals surface area contributed by atoms with E-state index in [4.69, 9.17) is 5.11 Å². The van der Waals surface area contributed by atoms with Gasteiger partial charge in [-0.05, 0) is 37.5 Å². The molecular formula is C14H16FNO3. The number of carboxylic acid groups (broad SMARTS) is 1. The average Bonchev–Trinajstić information content (AvgIpc) is 2.27. The minimum atomic E-state index is -1.27. The molecule has 1 fully saturated rings. The molecule has 1 aliphatic rings. The van der Waals surface area contributed by atoms with E-state index in [1.54, 1.807) is 19.1 Å². The molecule has 1 saturated carbocycles. The van der Waals surface area contributed by atoms with Crippen LogP contribution in [0.1, 0.15) is 37.8 Å². The largest absolute Gasteiger partial charge is 0.480 e. The van der Waals surface area contributed by atoms with Gasteiger partial charge >= 0.3 is 5.97 Å². The number of carbonyl (C=O) groups is 2. The van der Waals surface area contributed by atoms with Gasteiger partial charge in [-0.1, -0.05) is 18.6 Å². The first-order chi connectivity index (χ1) is 8.95. The predicted octanol–water partition coefficient (Wildman–Crippen LogP) is 2.26. The van der Waals surface area contributed by atoms with Gasteiger partial charge in [0.1, 0.15) is 11.2 Å².